The minimum Gasteiger partial charge on any atom is -0.338 e. The van der Waals surface area contributed by atoms with Gasteiger partial charge in [-0.3, -0.25) is 19.7 Å². The number of nitrogens with zero attached hydrogens (tertiary/aromatic N) is 2. The molecule has 2 rings (SSSR count). The third-order valence-electron chi connectivity index (χ3n) is 4.24. The molecule has 0 saturated heterocycles. The smallest absolute Gasteiger partial charge is 0.270 e. The summed E-state index contributed by atoms with van der Waals surface area (Å²) in [5.41, 5.74) is 1.86. The molecule has 0 bridgehead atoms. The number of rotatable bonds is 7. The van der Waals surface area contributed by atoms with Crippen molar-refractivity contribution in [1.82, 2.24) is 10.2 Å². The summed E-state index contributed by atoms with van der Waals surface area (Å²) in [7, 11) is 0. The molecule has 0 spiro atoms. The van der Waals surface area contributed by atoms with Gasteiger partial charge in [-0.05, 0) is 44.5 Å². The lowest BCUT2D eigenvalue weighted by Gasteiger charge is -2.21. The maximum atomic E-state index is 12.9. The molecule has 0 unspecified atom stereocenters. The Labute approximate surface area is 163 Å². The van der Waals surface area contributed by atoms with Gasteiger partial charge in [-0.25, -0.2) is 0 Å². The van der Waals surface area contributed by atoms with E-state index in [0.717, 1.165) is 5.56 Å². The molecule has 2 aromatic rings. The standard InChI is InChI=1S/C21H23N3O4/c1-4-23(5-2)21(26)19(14-16-7-6-8-18(13-16)24(27)28)22-20(25)17-11-9-15(3)10-12-17/h6-14H,4-5H2,1-3H3,(H,22,25)/b19-14-. The van der Waals surface area contributed by atoms with Crippen LogP contribution in [0.15, 0.2) is 54.2 Å². The highest BCUT2D eigenvalue weighted by Gasteiger charge is 2.19. The highest BCUT2D eigenvalue weighted by atomic mass is 16.6. The van der Waals surface area contributed by atoms with E-state index in [-0.39, 0.29) is 17.3 Å². The van der Waals surface area contributed by atoms with Gasteiger partial charge in [0, 0.05) is 30.8 Å². The number of likely N-dealkylation sites (N-methyl/N-ethyl adjacent to an activating group) is 1. The Bertz CT molecular complexity index is 900. The molecular weight excluding hydrogens is 358 g/mol. The predicted molar refractivity (Wildman–Crippen MR) is 108 cm³/mol. The number of non-ortho nitro benzene ring substituents is 1. The lowest BCUT2D eigenvalue weighted by atomic mass is 10.1. The van der Waals surface area contributed by atoms with Crippen molar-refractivity contribution in [2.24, 2.45) is 0 Å². The summed E-state index contributed by atoms with van der Waals surface area (Å²) >= 11 is 0. The normalized spacial score (nSPS) is 11.0. The first-order valence-corrected chi connectivity index (χ1v) is 8.99. The molecule has 146 valence electrons. The van der Waals surface area contributed by atoms with Crippen molar-refractivity contribution in [2.75, 3.05) is 13.1 Å². The number of nitro groups is 1. The van der Waals surface area contributed by atoms with E-state index in [1.165, 1.54) is 24.3 Å². The van der Waals surface area contributed by atoms with E-state index in [9.17, 15) is 19.7 Å². The van der Waals surface area contributed by atoms with Crippen LogP contribution in [0.3, 0.4) is 0 Å². The van der Waals surface area contributed by atoms with Crippen LogP contribution < -0.4 is 5.32 Å². The summed E-state index contributed by atoms with van der Waals surface area (Å²) in [6, 6.07) is 12.9. The van der Waals surface area contributed by atoms with Crippen LogP contribution in [-0.2, 0) is 4.79 Å². The number of nitro benzene ring substituents is 1. The molecule has 0 aliphatic carbocycles. The molecule has 0 heterocycles. The topological polar surface area (TPSA) is 92.6 Å². The van der Waals surface area contributed by atoms with Gasteiger partial charge in [0.15, 0.2) is 0 Å². The summed E-state index contributed by atoms with van der Waals surface area (Å²) in [5, 5.41) is 13.7. The van der Waals surface area contributed by atoms with Crippen LogP contribution in [0.5, 0.6) is 0 Å². The molecule has 0 aromatic heterocycles. The Morgan fingerprint density at radius 1 is 1.11 bits per heavy atom. The zero-order valence-corrected chi connectivity index (χ0v) is 16.1. The molecular formula is C21H23N3O4. The molecule has 0 atom stereocenters. The van der Waals surface area contributed by atoms with E-state index >= 15 is 0 Å². The number of amides is 2. The number of hydrogen-bond acceptors (Lipinski definition) is 4. The summed E-state index contributed by atoms with van der Waals surface area (Å²) in [6.45, 7) is 6.55. The number of aryl methyl sites for hydroxylation is 1. The minimum absolute atomic E-state index is 0.0646. The van der Waals surface area contributed by atoms with E-state index in [4.69, 9.17) is 0 Å². The Kier molecular flexibility index (Phi) is 7.03. The number of hydrogen-bond donors (Lipinski definition) is 1. The molecule has 1 N–H and O–H groups in total. The van der Waals surface area contributed by atoms with Crippen molar-refractivity contribution >= 4 is 23.6 Å². The fourth-order valence-corrected chi connectivity index (χ4v) is 2.63. The van der Waals surface area contributed by atoms with E-state index in [2.05, 4.69) is 5.32 Å². The van der Waals surface area contributed by atoms with Crippen LogP contribution in [0.2, 0.25) is 0 Å². The number of carbonyl (C=O) groups excluding carboxylic acids is 2. The Hall–Kier alpha value is -3.48. The number of carbonyl (C=O) groups is 2. The fourth-order valence-electron chi connectivity index (χ4n) is 2.63. The molecule has 7 nitrogen and oxygen atoms in total. The van der Waals surface area contributed by atoms with Crippen LogP contribution in [0, 0.1) is 17.0 Å². The Morgan fingerprint density at radius 2 is 1.75 bits per heavy atom. The van der Waals surface area contributed by atoms with E-state index in [0.29, 0.717) is 24.2 Å². The minimum atomic E-state index is -0.506. The summed E-state index contributed by atoms with van der Waals surface area (Å²) in [6.07, 6.45) is 1.46. The van der Waals surface area contributed by atoms with Crippen molar-refractivity contribution in [1.29, 1.82) is 0 Å². The van der Waals surface area contributed by atoms with Gasteiger partial charge >= 0.3 is 0 Å². The van der Waals surface area contributed by atoms with Gasteiger partial charge in [0.05, 0.1) is 4.92 Å². The second-order valence-corrected chi connectivity index (χ2v) is 6.21. The maximum Gasteiger partial charge on any atom is 0.270 e. The summed E-state index contributed by atoms with van der Waals surface area (Å²) < 4.78 is 0. The average molecular weight is 381 g/mol. The predicted octanol–water partition coefficient (Wildman–Crippen LogP) is 3.54. The third kappa shape index (κ3) is 5.26. The molecule has 0 aliphatic heterocycles. The van der Waals surface area contributed by atoms with Crippen LogP contribution in [0.1, 0.15) is 35.3 Å². The average Bonchev–Trinajstić information content (AvgIpc) is 2.69. The lowest BCUT2D eigenvalue weighted by molar-refractivity contribution is -0.384. The molecule has 2 aromatic carbocycles. The van der Waals surface area contributed by atoms with Crippen LogP contribution >= 0.6 is 0 Å². The first-order valence-electron chi connectivity index (χ1n) is 8.99. The highest BCUT2D eigenvalue weighted by Crippen LogP contribution is 2.16. The zero-order valence-electron chi connectivity index (χ0n) is 16.1. The first kappa shape index (κ1) is 20.8. The Balaban J connectivity index is 2.40. The quantitative estimate of drug-likeness (QED) is 0.451. The highest BCUT2D eigenvalue weighted by molar-refractivity contribution is 6.05. The SMILES string of the molecule is CCN(CC)C(=O)/C(=C/c1cccc([N+](=O)[O-])c1)NC(=O)c1ccc(C)cc1. The van der Waals surface area contributed by atoms with Gasteiger partial charge in [-0.1, -0.05) is 29.8 Å². The van der Waals surface area contributed by atoms with Crippen LogP contribution in [0.25, 0.3) is 6.08 Å². The maximum absolute atomic E-state index is 12.9. The second kappa shape index (κ2) is 9.45. The van der Waals surface area contributed by atoms with Crippen LogP contribution in [-0.4, -0.2) is 34.7 Å². The largest absolute Gasteiger partial charge is 0.338 e. The summed E-state index contributed by atoms with van der Waals surface area (Å²) in [5.74, 6) is -0.769. The fraction of sp³-hybridized carbons (Fsp3) is 0.238. The van der Waals surface area contributed by atoms with Gasteiger partial charge in [0.1, 0.15) is 5.70 Å². The van der Waals surface area contributed by atoms with Crippen molar-refractivity contribution in [2.45, 2.75) is 20.8 Å². The zero-order chi connectivity index (χ0) is 20.7. The molecule has 7 heteroatoms. The molecule has 28 heavy (non-hydrogen) atoms. The van der Waals surface area contributed by atoms with Gasteiger partial charge in [0.25, 0.3) is 17.5 Å². The van der Waals surface area contributed by atoms with E-state index in [1.54, 1.807) is 23.1 Å². The van der Waals surface area contributed by atoms with Gasteiger partial charge in [0.2, 0.25) is 0 Å². The number of nitrogens with one attached hydrogen (secondary N) is 1. The molecule has 0 saturated carbocycles. The molecule has 2 amide bonds. The van der Waals surface area contributed by atoms with Crippen molar-refractivity contribution < 1.29 is 14.5 Å². The Morgan fingerprint density at radius 3 is 2.32 bits per heavy atom. The summed E-state index contributed by atoms with van der Waals surface area (Å²) in [4.78, 5) is 37.5. The van der Waals surface area contributed by atoms with Crippen LogP contribution in [0.4, 0.5) is 5.69 Å². The molecule has 0 aliphatic rings. The van der Waals surface area contributed by atoms with E-state index in [1.807, 2.05) is 32.9 Å². The van der Waals surface area contributed by atoms with Crippen molar-refractivity contribution in [3.63, 3.8) is 0 Å². The second-order valence-electron chi connectivity index (χ2n) is 6.21. The van der Waals surface area contributed by atoms with Gasteiger partial charge in [-0.2, -0.15) is 0 Å². The molecule has 0 fully saturated rings. The first-order chi connectivity index (χ1) is 13.3. The van der Waals surface area contributed by atoms with E-state index < -0.39 is 10.8 Å². The van der Waals surface area contributed by atoms with Crippen molar-refractivity contribution in [3.05, 3.63) is 81.0 Å². The third-order valence-corrected chi connectivity index (χ3v) is 4.24. The van der Waals surface area contributed by atoms with Crippen molar-refractivity contribution in [3.8, 4) is 0 Å². The molecule has 0 radical (unpaired) electrons. The monoisotopic (exact) mass is 381 g/mol. The number of benzene rings is 2. The van der Waals surface area contributed by atoms with Gasteiger partial charge < -0.3 is 10.2 Å². The lowest BCUT2D eigenvalue weighted by Crippen LogP contribution is -2.38. The van der Waals surface area contributed by atoms with Gasteiger partial charge in [-0.15, -0.1) is 0 Å².